The predicted molar refractivity (Wildman–Crippen MR) is 101 cm³/mol. The number of rotatable bonds is 6. The molecule has 1 saturated carbocycles. The van der Waals surface area contributed by atoms with Gasteiger partial charge < -0.3 is 9.64 Å². The summed E-state index contributed by atoms with van der Waals surface area (Å²) in [6, 6.07) is 14.2. The summed E-state index contributed by atoms with van der Waals surface area (Å²) in [6.07, 6.45) is 8.08. The summed E-state index contributed by atoms with van der Waals surface area (Å²) in [4.78, 5) is 18.9. The van der Waals surface area contributed by atoms with E-state index in [4.69, 9.17) is 4.74 Å². The van der Waals surface area contributed by atoms with Crippen LogP contribution in [0.2, 0.25) is 0 Å². The molecule has 0 N–H and O–H groups in total. The molecule has 1 aromatic carbocycles. The van der Waals surface area contributed by atoms with Crippen LogP contribution in [0.4, 0.5) is 0 Å². The number of carbonyl (C=O) groups excluding carboxylic acids is 1. The molecule has 2 aliphatic rings. The lowest BCUT2D eigenvalue weighted by Crippen LogP contribution is -2.47. The number of aromatic nitrogens is 1. The van der Waals surface area contributed by atoms with Crippen molar-refractivity contribution in [2.75, 3.05) is 19.7 Å². The first-order valence-electron chi connectivity index (χ1n) is 9.64. The van der Waals surface area contributed by atoms with Crippen molar-refractivity contribution in [2.24, 2.45) is 11.8 Å². The van der Waals surface area contributed by atoms with Crippen molar-refractivity contribution in [1.82, 2.24) is 9.88 Å². The number of carbonyl (C=O) groups is 1. The van der Waals surface area contributed by atoms with Gasteiger partial charge in [-0.05, 0) is 49.3 Å². The van der Waals surface area contributed by atoms with Gasteiger partial charge in [0, 0.05) is 38.0 Å². The molecule has 1 aliphatic heterocycles. The van der Waals surface area contributed by atoms with Crippen LogP contribution in [0.5, 0.6) is 0 Å². The smallest absolute Gasteiger partial charge is 0.255 e. The maximum absolute atomic E-state index is 12.8. The van der Waals surface area contributed by atoms with E-state index in [2.05, 4.69) is 29.2 Å². The summed E-state index contributed by atoms with van der Waals surface area (Å²) in [7, 11) is 0. The number of likely N-dealkylation sites (tertiary alicyclic amines) is 1. The highest BCUT2D eigenvalue weighted by Gasteiger charge is 2.34. The van der Waals surface area contributed by atoms with Crippen LogP contribution in [-0.2, 0) is 11.2 Å². The topological polar surface area (TPSA) is 42.4 Å². The molecule has 2 heterocycles. The second-order valence-electron chi connectivity index (χ2n) is 7.55. The Kier molecular flexibility index (Phi) is 5.30. The lowest BCUT2D eigenvalue weighted by atomic mass is 9.88. The van der Waals surface area contributed by atoms with Gasteiger partial charge in [0.05, 0.1) is 11.7 Å². The number of hydrogen-bond acceptors (Lipinski definition) is 3. The molecule has 1 amide bonds. The largest absolute Gasteiger partial charge is 0.377 e. The van der Waals surface area contributed by atoms with Gasteiger partial charge >= 0.3 is 0 Å². The van der Waals surface area contributed by atoms with Gasteiger partial charge in [0.25, 0.3) is 5.91 Å². The summed E-state index contributed by atoms with van der Waals surface area (Å²) < 4.78 is 6.28. The molecule has 2 atom stereocenters. The lowest BCUT2D eigenvalue weighted by molar-refractivity contribution is -0.0326. The quantitative estimate of drug-likeness (QED) is 0.800. The molecule has 1 aromatic heterocycles. The maximum Gasteiger partial charge on any atom is 0.255 e. The predicted octanol–water partition coefficient (Wildman–Crippen LogP) is 3.58. The van der Waals surface area contributed by atoms with Crippen LogP contribution < -0.4 is 0 Å². The summed E-state index contributed by atoms with van der Waals surface area (Å²) in [5, 5.41) is 0. The number of pyridine rings is 1. The summed E-state index contributed by atoms with van der Waals surface area (Å²) in [6.45, 7) is 2.39. The Bertz CT molecular complexity index is 715. The van der Waals surface area contributed by atoms with Gasteiger partial charge in [-0.3, -0.25) is 9.78 Å². The first kappa shape index (κ1) is 17.2. The van der Waals surface area contributed by atoms with Crippen molar-refractivity contribution in [3.8, 4) is 0 Å². The normalized spacial score (nSPS) is 23.0. The average Bonchev–Trinajstić information content (AvgIpc) is 3.52. The van der Waals surface area contributed by atoms with Crippen molar-refractivity contribution in [2.45, 2.75) is 31.8 Å². The Balaban J connectivity index is 1.45. The van der Waals surface area contributed by atoms with Crippen LogP contribution in [0.25, 0.3) is 0 Å². The van der Waals surface area contributed by atoms with Crippen molar-refractivity contribution < 1.29 is 9.53 Å². The van der Waals surface area contributed by atoms with Crippen molar-refractivity contribution in [1.29, 1.82) is 0 Å². The molecule has 4 rings (SSSR count). The molecular formula is C22H26N2O2. The van der Waals surface area contributed by atoms with E-state index < -0.39 is 0 Å². The fourth-order valence-corrected chi connectivity index (χ4v) is 3.74. The summed E-state index contributed by atoms with van der Waals surface area (Å²) in [5.74, 6) is 1.18. The fourth-order valence-electron chi connectivity index (χ4n) is 3.74. The number of ether oxygens (including phenoxy) is 1. The molecule has 0 bridgehead atoms. The van der Waals surface area contributed by atoms with Gasteiger partial charge in [-0.2, -0.15) is 0 Å². The molecule has 1 saturated heterocycles. The summed E-state index contributed by atoms with van der Waals surface area (Å²) >= 11 is 0. The van der Waals surface area contributed by atoms with Crippen LogP contribution in [0, 0.1) is 11.8 Å². The third-order valence-corrected chi connectivity index (χ3v) is 5.44. The van der Waals surface area contributed by atoms with Crippen molar-refractivity contribution in [3.05, 3.63) is 66.0 Å². The zero-order valence-corrected chi connectivity index (χ0v) is 15.1. The standard InChI is InChI=1S/C22H26N2O2/c25-22(19-7-4-11-23-14-19)24-12-10-21(26-16-18-8-9-18)20(15-24)13-17-5-2-1-3-6-17/h1-7,11,14,18,20-21H,8-10,12-13,15-16H2/t20-,21+/m1/s1. The third-order valence-electron chi connectivity index (χ3n) is 5.44. The molecule has 2 fully saturated rings. The second-order valence-corrected chi connectivity index (χ2v) is 7.55. The molecule has 26 heavy (non-hydrogen) atoms. The highest BCUT2D eigenvalue weighted by molar-refractivity contribution is 5.93. The average molecular weight is 350 g/mol. The Morgan fingerprint density at radius 1 is 1.12 bits per heavy atom. The van der Waals surface area contributed by atoms with Gasteiger partial charge in [0.2, 0.25) is 0 Å². The van der Waals surface area contributed by atoms with E-state index in [-0.39, 0.29) is 12.0 Å². The van der Waals surface area contributed by atoms with E-state index in [1.54, 1.807) is 12.4 Å². The van der Waals surface area contributed by atoms with Crippen molar-refractivity contribution in [3.63, 3.8) is 0 Å². The Morgan fingerprint density at radius 3 is 2.69 bits per heavy atom. The number of nitrogens with zero attached hydrogens (tertiary/aromatic N) is 2. The Labute approximate surface area is 155 Å². The van der Waals surface area contributed by atoms with Crippen LogP contribution >= 0.6 is 0 Å². The van der Waals surface area contributed by atoms with Crippen LogP contribution in [0.15, 0.2) is 54.9 Å². The first-order valence-corrected chi connectivity index (χ1v) is 9.64. The molecule has 136 valence electrons. The molecule has 0 unspecified atom stereocenters. The number of piperidine rings is 1. The van der Waals surface area contributed by atoms with Gasteiger partial charge in [0.1, 0.15) is 0 Å². The minimum atomic E-state index is 0.0804. The Morgan fingerprint density at radius 2 is 1.96 bits per heavy atom. The van der Waals surface area contributed by atoms with E-state index in [0.717, 1.165) is 38.5 Å². The molecule has 4 heteroatoms. The van der Waals surface area contributed by atoms with E-state index in [1.807, 2.05) is 23.1 Å². The highest BCUT2D eigenvalue weighted by Crippen LogP contribution is 2.32. The molecule has 0 radical (unpaired) electrons. The molecule has 0 spiro atoms. The minimum absolute atomic E-state index is 0.0804. The number of amides is 1. The monoisotopic (exact) mass is 350 g/mol. The van der Waals surface area contributed by atoms with Crippen molar-refractivity contribution >= 4 is 5.91 Å². The van der Waals surface area contributed by atoms with Gasteiger partial charge in [-0.15, -0.1) is 0 Å². The zero-order chi connectivity index (χ0) is 17.8. The van der Waals surface area contributed by atoms with Gasteiger partial charge in [0.15, 0.2) is 0 Å². The zero-order valence-electron chi connectivity index (χ0n) is 15.1. The first-order chi connectivity index (χ1) is 12.8. The molecule has 4 nitrogen and oxygen atoms in total. The van der Waals surface area contributed by atoms with Crippen LogP contribution in [-0.4, -0.2) is 41.6 Å². The van der Waals surface area contributed by atoms with E-state index in [1.165, 1.54) is 18.4 Å². The third kappa shape index (κ3) is 4.31. The highest BCUT2D eigenvalue weighted by atomic mass is 16.5. The number of benzene rings is 1. The van der Waals surface area contributed by atoms with E-state index >= 15 is 0 Å². The SMILES string of the molecule is O=C(c1cccnc1)N1CC[C@H](OCC2CC2)[C@H](Cc2ccccc2)C1. The minimum Gasteiger partial charge on any atom is -0.377 e. The molecule has 1 aliphatic carbocycles. The number of hydrogen-bond donors (Lipinski definition) is 0. The molecule has 2 aromatic rings. The van der Waals surface area contributed by atoms with Gasteiger partial charge in [-0.25, -0.2) is 0 Å². The van der Waals surface area contributed by atoms with Gasteiger partial charge in [-0.1, -0.05) is 30.3 Å². The molecular weight excluding hydrogens is 324 g/mol. The lowest BCUT2D eigenvalue weighted by Gasteiger charge is -2.38. The fraction of sp³-hybridized carbons (Fsp3) is 0.455. The van der Waals surface area contributed by atoms with E-state index in [0.29, 0.717) is 11.5 Å². The van der Waals surface area contributed by atoms with Crippen LogP contribution in [0.1, 0.15) is 35.2 Å². The summed E-state index contributed by atoms with van der Waals surface area (Å²) in [5.41, 5.74) is 1.98. The second kappa shape index (κ2) is 8.00. The maximum atomic E-state index is 12.8. The Hall–Kier alpha value is -2.20. The van der Waals surface area contributed by atoms with Crippen LogP contribution in [0.3, 0.4) is 0 Å². The van der Waals surface area contributed by atoms with E-state index in [9.17, 15) is 4.79 Å².